The second-order valence-corrected chi connectivity index (χ2v) is 5.54. The second kappa shape index (κ2) is 7.22. The quantitative estimate of drug-likeness (QED) is 0.561. The molecule has 0 aliphatic carbocycles. The number of nitrogens with zero attached hydrogens (tertiary/aromatic N) is 1. The standard InChI is InChI=1S/C16H24N4O/c1-19-14(16(21)20-9-3-2-4-10-20)11-12-5-7-13(8-6-12)15(17)18/h5-8,14,19H,2-4,9-11H2,1H3,(H3,17,18). The molecule has 0 radical (unpaired) electrons. The van der Waals surface area contributed by atoms with E-state index in [9.17, 15) is 4.79 Å². The van der Waals surface area contributed by atoms with Crippen LogP contribution in [0.2, 0.25) is 0 Å². The van der Waals surface area contributed by atoms with E-state index in [4.69, 9.17) is 11.1 Å². The maximum absolute atomic E-state index is 12.5. The van der Waals surface area contributed by atoms with E-state index in [-0.39, 0.29) is 17.8 Å². The van der Waals surface area contributed by atoms with Crippen LogP contribution in [0, 0.1) is 5.41 Å². The fourth-order valence-corrected chi connectivity index (χ4v) is 2.70. The van der Waals surface area contributed by atoms with Gasteiger partial charge in [-0.3, -0.25) is 10.2 Å². The summed E-state index contributed by atoms with van der Waals surface area (Å²) in [6.07, 6.45) is 4.09. The average molecular weight is 288 g/mol. The fourth-order valence-electron chi connectivity index (χ4n) is 2.70. The van der Waals surface area contributed by atoms with E-state index in [1.807, 2.05) is 36.2 Å². The predicted molar refractivity (Wildman–Crippen MR) is 84.4 cm³/mol. The number of hydrogen-bond donors (Lipinski definition) is 3. The van der Waals surface area contributed by atoms with E-state index < -0.39 is 0 Å². The Morgan fingerprint density at radius 3 is 2.43 bits per heavy atom. The number of nitrogens with two attached hydrogens (primary N) is 1. The molecular formula is C16H24N4O. The second-order valence-electron chi connectivity index (χ2n) is 5.54. The van der Waals surface area contributed by atoms with Crippen molar-refractivity contribution in [1.29, 1.82) is 5.41 Å². The number of nitrogen functional groups attached to an aromatic ring is 1. The van der Waals surface area contributed by atoms with Gasteiger partial charge in [-0.2, -0.15) is 0 Å². The summed E-state index contributed by atoms with van der Waals surface area (Å²) in [5.74, 6) is 0.254. The van der Waals surface area contributed by atoms with Crippen LogP contribution in [0.4, 0.5) is 0 Å². The van der Waals surface area contributed by atoms with Gasteiger partial charge in [-0.25, -0.2) is 0 Å². The number of carbonyl (C=O) groups is 1. The lowest BCUT2D eigenvalue weighted by Crippen LogP contribution is -2.48. The molecule has 114 valence electrons. The molecule has 5 heteroatoms. The molecule has 1 saturated heterocycles. The zero-order chi connectivity index (χ0) is 15.2. The molecule has 1 heterocycles. The summed E-state index contributed by atoms with van der Waals surface area (Å²) >= 11 is 0. The zero-order valence-corrected chi connectivity index (χ0v) is 12.6. The first kappa shape index (κ1) is 15.5. The Kier molecular flexibility index (Phi) is 5.33. The van der Waals surface area contributed by atoms with E-state index in [2.05, 4.69) is 5.32 Å². The Labute approximate surface area is 126 Å². The van der Waals surface area contributed by atoms with Crippen molar-refractivity contribution in [1.82, 2.24) is 10.2 Å². The highest BCUT2D eigenvalue weighted by molar-refractivity contribution is 5.94. The molecule has 1 fully saturated rings. The molecule has 21 heavy (non-hydrogen) atoms. The van der Waals surface area contributed by atoms with Crippen LogP contribution in [0.3, 0.4) is 0 Å². The van der Waals surface area contributed by atoms with Crippen LogP contribution < -0.4 is 11.1 Å². The number of hydrogen-bond acceptors (Lipinski definition) is 3. The number of likely N-dealkylation sites (tertiary alicyclic amines) is 1. The maximum atomic E-state index is 12.5. The monoisotopic (exact) mass is 288 g/mol. The number of benzene rings is 1. The van der Waals surface area contributed by atoms with Crippen molar-refractivity contribution < 1.29 is 4.79 Å². The van der Waals surface area contributed by atoms with Crippen molar-refractivity contribution in [2.75, 3.05) is 20.1 Å². The van der Waals surface area contributed by atoms with Crippen LogP contribution >= 0.6 is 0 Å². The van der Waals surface area contributed by atoms with Gasteiger partial charge in [-0.05, 0) is 38.3 Å². The van der Waals surface area contributed by atoms with E-state index >= 15 is 0 Å². The van der Waals surface area contributed by atoms with Crippen LogP contribution in [0.15, 0.2) is 24.3 Å². The maximum Gasteiger partial charge on any atom is 0.240 e. The van der Waals surface area contributed by atoms with Crippen LogP contribution in [0.1, 0.15) is 30.4 Å². The topological polar surface area (TPSA) is 82.2 Å². The molecule has 2 rings (SSSR count). The van der Waals surface area contributed by atoms with E-state index in [0.29, 0.717) is 12.0 Å². The highest BCUT2D eigenvalue weighted by atomic mass is 16.2. The summed E-state index contributed by atoms with van der Waals surface area (Å²) in [5, 5.41) is 10.5. The minimum absolute atomic E-state index is 0.0658. The molecular weight excluding hydrogens is 264 g/mol. The first-order valence-corrected chi connectivity index (χ1v) is 7.51. The third-order valence-corrected chi connectivity index (χ3v) is 4.02. The van der Waals surface area contributed by atoms with Crippen molar-refractivity contribution in [3.8, 4) is 0 Å². The molecule has 1 unspecified atom stereocenters. The molecule has 0 spiro atoms. The Morgan fingerprint density at radius 2 is 1.90 bits per heavy atom. The number of nitrogens with one attached hydrogen (secondary N) is 2. The Bertz CT molecular complexity index is 492. The van der Waals surface area contributed by atoms with Crippen LogP contribution in [-0.4, -0.2) is 42.8 Å². The summed E-state index contributed by atoms with van der Waals surface area (Å²) < 4.78 is 0. The molecule has 0 aromatic heterocycles. The van der Waals surface area contributed by atoms with Gasteiger partial charge in [-0.15, -0.1) is 0 Å². The third kappa shape index (κ3) is 4.04. The number of piperidine rings is 1. The van der Waals surface area contributed by atoms with Gasteiger partial charge in [0.25, 0.3) is 0 Å². The van der Waals surface area contributed by atoms with Crippen LogP contribution in [0.25, 0.3) is 0 Å². The number of amidine groups is 1. The minimum Gasteiger partial charge on any atom is -0.384 e. The molecule has 0 bridgehead atoms. The van der Waals surface area contributed by atoms with E-state index in [1.165, 1.54) is 6.42 Å². The molecule has 4 N–H and O–H groups in total. The lowest BCUT2D eigenvalue weighted by Gasteiger charge is -2.30. The van der Waals surface area contributed by atoms with Crippen molar-refractivity contribution in [2.24, 2.45) is 5.73 Å². The number of rotatable bonds is 5. The molecule has 1 aliphatic heterocycles. The Balaban J connectivity index is 2.00. The average Bonchev–Trinajstić information content (AvgIpc) is 2.53. The van der Waals surface area contributed by atoms with E-state index in [0.717, 1.165) is 31.5 Å². The van der Waals surface area contributed by atoms with Crippen LogP contribution in [-0.2, 0) is 11.2 Å². The molecule has 1 aromatic rings. The molecule has 5 nitrogen and oxygen atoms in total. The van der Waals surface area contributed by atoms with Gasteiger partial charge in [-0.1, -0.05) is 24.3 Å². The highest BCUT2D eigenvalue weighted by Crippen LogP contribution is 2.13. The Hall–Kier alpha value is -1.88. The molecule has 1 aliphatic rings. The molecule has 0 saturated carbocycles. The summed E-state index contributed by atoms with van der Waals surface area (Å²) in [5.41, 5.74) is 7.23. The van der Waals surface area contributed by atoms with Gasteiger partial charge in [0.1, 0.15) is 5.84 Å². The van der Waals surface area contributed by atoms with Crippen molar-refractivity contribution in [2.45, 2.75) is 31.7 Å². The van der Waals surface area contributed by atoms with Gasteiger partial charge in [0, 0.05) is 18.7 Å². The summed E-state index contributed by atoms with van der Waals surface area (Å²) in [6.45, 7) is 1.75. The van der Waals surface area contributed by atoms with Crippen molar-refractivity contribution in [3.05, 3.63) is 35.4 Å². The fraction of sp³-hybridized carbons (Fsp3) is 0.500. The predicted octanol–water partition coefficient (Wildman–Crippen LogP) is 1.11. The SMILES string of the molecule is CNC(Cc1ccc(C(=N)N)cc1)C(=O)N1CCCCC1. The van der Waals surface area contributed by atoms with Crippen molar-refractivity contribution in [3.63, 3.8) is 0 Å². The number of amides is 1. The normalized spacial score (nSPS) is 16.5. The smallest absolute Gasteiger partial charge is 0.240 e. The first-order valence-electron chi connectivity index (χ1n) is 7.51. The lowest BCUT2D eigenvalue weighted by molar-refractivity contribution is -0.134. The van der Waals surface area contributed by atoms with Gasteiger partial charge in [0.2, 0.25) is 5.91 Å². The zero-order valence-electron chi connectivity index (χ0n) is 12.6. The third-order valence-electron chi connectivity index (χ3n) is 4.02. The molecule has 1 amide bonds. The van der Waals surface area contributed by atoms with Gasteiger partial charge >= 0.3 is 0 Å². The summed E-state index contributed by atoms with van der Waals surface area (Å²) in [6, 6.07) is 7.34. The highest BCUT2D eigenvalue weighted by Gasteiger charge is 2.24. The van der Waals surface area contributed by atoms with Gasteiger partial charge in [0.15, 0.2) is 0 Å². The summed E-state index contributed by atoms with van der Waals surface area (Å²) in [7, 11) is 1.83. The van der Waals surface area contributed by atoms with Gasteiger partial charge in [0.05, 0.1) is 6.04 Å². The minimum atomic E-state index is -0.189. The Morgan fingerprint density at radius 1 is 1.29 bits per heavy atom. The van der Waals surface area contributed by atoms with Crippen LogP contribution in [0.5, 0.6) is 0 Å². The lowest BCUT2D eigenvalue weighted by atomic mass is 10.0. The van der Waals surface area contributed by atoms with Crippen molar-refractivity contribution >= 4 is 11.7 Å². The number of carbonyl (C=O) groups excluding carboxylic acids is 1. The largest absolute Gasteiger partial charge is 0.384 e. The number of likely N-dealkylation sites (N-methyl/N-ethyl adjacent to an activating group) is 1. The first-order chi connectivity index (χ1) is 10.1. The molecule has 1 aromatic carbocycles. The molecule has 1 atom stereocenters. The van der Waals surface area contributed by atoms with Gasteiger partial charge < -0.3 is 16.0 Å². The van der Waals surface area contributed by atoms with E-state index in [1.54, 1.807) is 0 Å². The summed E-state index contributed by atoms with van der Waals surface area (Å²) in [4.78, 5) is 14.5.